The van der Waals surface area contributed by atoms with E-state index in [0.717, 1.165) is 32.4 Å². The number of likely N-dealkylation sites (tertiary alicyclic amines) is 1. The van der Waals surface area contributed by atoms with Gasteiger partial charge in [-0.15, -0.1) is 0 Å². The Labute approximate surface area is 193 Å². The number of aromatic nitrogens is 2. The van der Waals surface area contributed by atoms with Gasteiger partial charge in [0.05, 0.1) is 31.4 Å². The van der Waals surface area contributed by atoms with Gasteiger partial charge in [-0.2, -0.15) is 0 Å². The van der Waals surface area contributed by atoms with Gasteiger partial charge in [0.2, 0.25) is 5.91 Å². The maximum atomic E-state index is 12.8. The number of piperidine rings is 1. The molecule has 174 valence electrons. The number of nitrogens with one attached hydrogen (secondary N) is 1. The summed E-state index contributed by atoms with van der Waals surface area (Å²) in [5.74, 6) is 0.258. The number of hydrogen-bond donors (Lipinski definition) is 2. The summed E-state index contributed by atoms with van der Waals surface area (Å²) in [5, 5.41) is 12.6. The Kier molecular flexibility index (Phi) is 7.80. The Morgan fingerprint density at radius 3 is 2.61 bits per heavy atom. The molecule has 1 fully saturated rings. The molecule has 1 saturated heterocycles. The molecule has 8 heteroatoms. The summed E-state index contributed by atoms with van der Waals surface area (Å²) >= 11 is 0. The summed E-state index contributed by atoms with van der Waals surface area (Å²) in [6, 6.07) is 9.97. The lowest BCUT2D eigenvalue weighted by Crippen LogP contribution is -2.49. The van der Waals surface area contributed by atoms with Crippen molar-refractivity contribution in [2.75, 3.05) is 19.7 Å². The zero-order chi connectivity index (χ0) is 23.0. The zero-order valence-electron chi connectivity index (χ0n) is 18.5. The van der Waals surface area contributed by atoms with Crippen molar-refractivity contribution in [3.05, 3.63) is 72.3 Å². The van der Waals surface area contributed by atoms with Gasteiger partial charge >= 0.3 is 0 Å². The summed E-state index contributed by atoms with van der Waals surface area (Å²) in [4.78, 5) is 34.9. The average molecular weight is 451 g/mol. The van der Waals surface area contributed by atoms with Crippen LogP contribution in [0.3, 0.4) is 0 Å². The number of hydrogen-bond acceptors (Lipinski definition) is 6. The second-order valence-electron chi connectivity index (χ2n) is 8.59. The van der Waals surface area contributed by atoms with Crippen LogP contribution in [0.15, 0.2) is 61.1 Å². The monoisotopic (exact) mass is 450 g/mol. The van der Waals surface area contributed by atoms with E-state index >= 15 is 0 Å². The maximum absolute atomic E-state index is 12.8. The molecule has 4 rings (SSSR count). The first-order chi connectivity index (χ1) is 16.1. The summed E-state index contributed by atoms with van der Waals surface area (Å²) in [5.41, 5.74) is 1.54. The van der Waals surface area contributed by atoms with Gasteiger partial charge in [-0.05, 0) is 30.7 Å². The summed E-state index contributed by atoms with van der Waals surface area (Å²) in [6.45, 7) is 1.24. The predicted molar refractivity (Wildman–Crippen MR) is 122 cm³/mol. The van der Waals surface area contributed by atoms with Gasteiger partial charge in [-0.3, -0.25) is 14.6 Å². The standard InChI is InChI=1S/C25H30N4O4/c30-17-23-21(28-25(32)22-16-26-10-11-27-22)7-6-20(33-23)15-24(31)29-12-8-19(9-13-29)14-18-4-2-1-3-5-18/h1-7,10-11,16,19-21,23,30H,8-9,12-15,17H2,(H,28,32)/t20-,21-,23-/m1/s1. The largest absolute Gasteiger partial charge is 0.394 e. The molecule has 0 aliphatic carbocycles. The van der Waals surface area contributed by atoms with Gasteiger partial charge in [0.25, 0.3) is 5.91 Å². The molecule has 0 saturated carbocycles. The molecular formula is C25H30N4O4. The van der Waals surface area contributed by atoms with Crippen molar-refractivity contribution >= 4 is 11.8 Å². The number of aliphatic hydroxyl groups is 1. The van der Waals surface area contributed by atoms with E-state index in [1.807, 2.05) is 11.0 Å². The molecule has 0 bridgehead atoms. The first-order valence-electron chi connectivity index (χ1n) is 11.5. The highest BCUT2D eigenvalue weighted by atomic mass is 16.5. The van der Waals surface area contributed by atoms with Crippen LogP contribution < -0.4 is 5.32 Å². The van der Waals surface area contributed by atoms with Gasteiger partial charge in [-0.1, -0.05) is 42.5 Å². The molecule has 33 heavy (non-hydrogen) atoms. The van der Waals surface area contributed by atoms with Crippen LogP contribution >= 0.6 is 0 Å². The lowest BCUT2D eigenvalue weighted by molar-refractivity contribution is -0.136. The quantitative estimate of drug-likeness (QED) is 0.623. The van der Waals surface area contributed by atoms with E-state index in [0.29, 0.717) is 5.92 Å². The van der Waals surface area contributed by atoms with E-state index in [4.69, 9.17) is 4.74 Å². The number of aliphatic hydroxyl groups excluding tert-OH is 1. The van der Waals surface area contributed by atoms with Crippen LogP contribution in [-0.2, 0) is 16.0 Å². The minimum absolute atomic E-state index is 0.0570. The second kappa shape index (κ2) is 11.2. The number of ether oxygens (including phenoxy) is 1. The fourth-order valence-corrected chi connectivity index (χ4v) is 4.41. The number of benzene rings is 1. The Morgan fingerprint density at radius 1 is 1.12 bits per heavy atom. The maximum Gasteiger partial charge on any atom is 0.272 e. The van der Waals surface area contributed by atoms with Crippen molar-refractivity contribution in [1.82, 2.24) is 20.2 Å². The lowest BCUT2D eigenvalue weighted by atomic mass is 9.90. The number of amides is 2. The highest BCUT2D eigenvalue weighted by Gasteiger charge is 2.31. The number of carbonyl (C=O) groups is 2. The molecular weight excluding hydrogens is 420 g/mol. The van der Waals surface area contributed by atoms with Gasteiger partial charge in [0, 0.05) is 25.5 Å². The molecule has 8 nitrogen and oxygen atoms in total. The molecule has 3 heterocycles. The van der Waals surface area contributed by atoms with Crippen molar-refractivity contribution in [3.63, 3.8) is 0 Å². The molecule has 2 aliphatic heterocycles. The SMILES string of the molecule is O=C(N[C@@H]1C=C[C@H](CC(=O)N2CCC(Cc3ccccc3)CC2)O[C@@H]1CO)c1cnccn1. The summed E-state index contributed by atoms with van der Waals surface area (Å²) in [6.07, 6.45) is 10.1. The van der Waals surface area contributed by atoms with Crippen LogP contribution in [0.2, 0.25) is 0 Å². The van der Waals surface area contributed by atoms with Gasteiger partial charge in [0.15, 0.2) is 0 Å². The Morgan fingerprint density at radius 2 is 1.91 bits per heavy atom. The van der Waals surface area contributed by atoms with Crippen LogP contribution in [0.5, 0.6) is 0 Å². The topological polar surface area (TPSA) is 105 Å². The van der Waals surface area contributed by atoms with Crippen molar-refractivity contribution in [2.45, 2.75) is 43.9 Å². The van der Waals surface area contributed by atoms with Gasteiger partial charge in [-0.25, -0.2) is 4.98 Å². The molecule has 1 aromatic carbocycles. The van der Waals surface area contributed by atoms with E-state index in [1.54, 1.807) is 12.2 Å². The first kappa shape index (κ1) is 23.1. The first-order valence-corrected chi connectivity index (χ1v) is 11.5. The van der Waals surface area contributed by atoms with Crippen molar-refractivity contribution < 1.29 is 19.4 Å². The number of rotatable bonds is 7. The van der Waals surface area contributed by atoms with Gasteiger partial charge < -0.3 is 20.1 Å². The summed E-state index contributed by atoms with van der Waals surface area (Å²) < 4.78 is 5.91. The molecule has 1 aromatic heterocycles. The van der Waals surface area contributed by atoms with Crippen LogP contribution in [0.4, 0.5) is 0 Å². The average Bonchev–Trinajstić information content (AvgIpc) is 2.86. The van der Waals surface area contributed by atoms with Crippen LogP contribution in [-0.4, -0.2) is 69.7 Å². The van der Waals surface area contributed by atoms with E-state index in [1.165, 1.54) is 24.2 Å². The van der Waals surface area contributed by atoms with Crippen LogP contribution in [0.25, 0.3) is 0 Å². The minimum atomic E-state index is -0.634. The predicted octanol–water partition coefficient (Wildman–Crippen LogP) is 1.76. The highest BCUT2D eigenvalue weighted by Crippen LogP contribution is 2.23. The number of nitrogens with zero attached hydrogens (tertiary/aromatic N) is 3. The van der Waals surface area contributed by atoms with E-state index in [2.05, 4.69) is 39.6 Å². The highest BCUT2D eigenvalue weighted by molar-refractivity contribution is 5.92. The molecule has 2 N–H and O–H groups in total. The zero-order valence-corrected chi connectivity index (χ0v) is 18.5. The van der Waals surface area contributed by atoms with Crippen molar-refractivity contribution in [1.29, 1.82) is 0 Å². The van der Waals surface area contributed by atoms with Crippen molar-refractivity contribution in [2.24, 2.45) is 5.92 Å². The Bertz CT molecular complexity index is 945. The molecule has 2 aliphatic rings. The van der Waals surface area contributed by atoms with E-state index in [-0.39, 0.29) is 24.6 Å². The molecule has 2 aromatic rings. The van der Waals surface area contributed by atoms with E-state index < -0.39 is 24.2 Å². The third kappa shape index (κ3) is 6.24. The second-order valence-corrected chi connectivity index (χ2v) is 8.59. The minimum Gasteiger partial charge on any atom is -0.394 e. The van der Waals surface area contributed by atoms with Crippen LogP contribution in [0, 0.1) is 5.92 Å². The lowest BCUT2D eigenvalue weighted by Gasteiger charge is -2.35. The van der Waals surface area contributed by atoms with E-state index in [9.17, 15) is 14.7 Å². The normalized spacial score (nSPS) is 23.3. The van der Waals surface area contributed by atoms with Crippen molar-refractivity contribution in [3.8, 4) is 0 Å². The molecule has 0 radical (unpaired) electrons. The Balaban J connectivity index is 1.26. The fourth-order valence-electron chi connectivity index (χ4n) is 4.41. The fraction of sp³-hybridized carbons (Fsp3) is 0.440. The summed E-state index contributed by atoms with van der Waals surface area (Å²) in [7, 11) is 0. The third-order valence-corrected chi connectivity index (χ3v) is 6.27. The molecule has 0 unspecified atom stereocenters. The molecule has 3 atom stereocenters. The number of carbonyl (C=O) groups excluding carboxylic acids is 2. The smallest absolute Gasteiger partial charge is 0.272 e. The third-order valence-electron chi connectivity index (χ3n) is 6.27. The van der Waals surface area contributed by atoms with Gasteiger partial charge in [0.1, 0.15) is 11.8 Å². The Hall–Kier alpha value is -3.10. The molecule has 0 spiro atoms. The molecule has 2 amide bonds. The van der Waals surface area contributed by atoms with Crippen LogP contribution in [0.1, 0.15) is 35.3 Å².